The molecule has 3 aromatic rings. The van der Waals surface area contributed by atoms with Crippen molar-refractivity contribution in [2.75, 3.05) is 37.0 Å². The minimum absolute atomic E-state index is 0.0634. The number of hydrogen-bond acceptors (Lipinski definition) is 6. The zero-order chi connectivity index (χ0) is 27.6. The number of carbonyl (C=O) groups excluding carboxylic acids is 2. The van der Waals surface area contributed by atoms with E-state index in [2.05, 4.69) is 16.0 Å². The number of methoxy groups -OCH3 is 1. The maximum absolute atomic E-state index is 13.5. The molecule has 1 heterocycles. The Balaban J connectivity index is 1.50. The second-order valence-electron chi connectivity index (χ2n) is 9.73. The number of aliphatic hydroxyl groups is 1. The summed E-state index contributed by atoms with van der Waals surface area (Å²) < 4.78 is 5.42. The van der Waals surface area contributed by atoms with E-state index in [0.29, 0.717) is 43.7 Å². The van der Waals surface area contributed by atoms with Crippen LogP contribution in [0.5, 0.6) is 5.75 Å². The Morgan fingerprint density at radius 2 is 1.85 bits per heavy atom. The first-order valence-electron chi connectivity index (χ1n) is 13.5. The standard InChI is InChI=1S/C31H38N4O4/c1-3-33-25-17-24(18-26(19-25)35-15-9-14-30(35)37)31(38)34-27(16-22-10-5-4-6-11-22)28(36)21-32-20-23-12-7-8-13-29(23)39-2/h4-8,10-13,17-19,27-28,32-33,36H,3,9,14-16,20-21H2,1-2H3,(H,34,38). The number of amides is 2. The summed E-state index contributed by atoms with van der Waals surface area (Å²) in [6, 6.07) is 22.4. The Kier molecular flexibility index (Phi) is 9.94. The molecule has 4 N–H and O–H groups in total. The molecule has 2 amide bonds. The molecule has 1 aliphatic heterocycles. The van der Waals surface area contributed by atoms with E-state index in [1.54, 1.807) is 24.1 Å². The van der Waals surface area contributed by atoms with Crippen molar-refractivity contribution in [1.82, 2.24) is 10.6 Å². The molecule has 0 aromatic heterocycles. The fourth-order valence-corrected chi connectivity index (χ4v) is 4.87. The van der Waals surface area contributed by atoms with E-state index in [9.17, 15) is 14.7 Å². The SMILES string of the molecule is CCNc1cc(C(=O)NC(Cc2ccccc2)C(O)CNCc2ccccc2OC)cc(N2CCCC2=O)c1. The minimum atomic E-state index is -0.847. The van der Waals surface area contributed by atoms with Crippen LogP contribution in [0.25, 0.3) is 0 Å². The number of carbonyl (C=O) groups is 2. The minimum Gasteiger partial charge on any atom is -0.496 e. The van der Waals surface area contributed by atoms with Gasteiger partial charge in [0, 0.05) is 55.1 Å². The van der Waals surface area contributed by atoms with Crippen molar-refractivity contribution in [2.45, 2.75) is 44.9 Å². The molecule has 1 aliphatic rings. The first-order chi connectivity index (χ1) is 19.0. The van der Waals surface area contributed by atoms with E-state index >= 15 is 0 Å². The molecule has 0 saturated carbocycles. The summed E-state index contributed by atoms with van der Waals surface area (Å²) in [7, 11) is 1.63. The number of aliphatic hydroxyl groups excluding tert-OH is 1. The molecule has 2 atom stereocenters. The van der Waals surface area contributed by atoms with Gasteiger partial charge >= 0.3 is 0 Å². The number of para-hydroxylation sites is 1. The normalized spacial score (nSPS) is 14.6. The van der Waals surface area contributed by atoms with Crippen molar-refractivity contribution in [1.29, 1.82) is 0 Å². The average molecular weight is 531 g/mol. The highest BCUT2D eigenvalue weighted by Crippen LogP contribution is 2.27. The second-order valence-corrected chi connectivity index (χ2v) is 9.73. The number of benzene rings is 3. The van der Waals surface area contributed by atoms with Gasteiger partial charge in [0.05, 0.1) is 19.3 Å². The molecule has 1 fully saturated rings. The largest absolute Gasteiger partial charge is 0.496 e. The molecular formula is C31H38N4O4. The first kappa shape index (κ1) is 28.1. The smallest absolute Gasteiger partial charge is 0.251 e. The summed E-state index contributed by atoms with van der Waals surface area (Å²) in [5, 5.41) is 20.8. The van der Waals surface area contributed by atoms with Gasteiger partial charge in [-0.1, -0.05) is 48.5 Å². The van der Waals surface area contributed by atoms with Gasteiger partial charge in [0.1, 0.15) is 5.75 Å². The van der Waals surface area contributed by atoms with Crippen molar-refractivity contribution in [3.05, 3.63) is 89.5 Å². The molecule has 39 heavy (non-hydrogen) atoms. The Morgan fingerprint density at radius 3 is 2.56 bits per heavy atom. The van der Waals surface area contributed by atoms with Crippen LogP contribution in [0, 0.1) is 0 Å². The van der Waals surface area contributed by atoms with E-state index in [1.807, 2.05) is 67.6 Å². The van der Waals surface area contributed by atoms with Gasteiger partial charge in [-0.15, -0.1) is 0 Å². The van der Waals surface area contributed by atoms with E-state index < -0.39 is 12.1 Å². The van der Waals surface area contributed by atoms with E-state index in [0.717, 1.165) is 29.0 Å². The predicted molar refractivity (Wildman–Crippen MR) is 154 cm³/mol. The molecule has 1 saturated heterocycles. The molecule has 4 rings (SSSR count). The van der Waals surface area contributed by atoms with Crippen molar-refractivity contribution in [2.24, 2.45) is 0 Å². The number of nitrogens with one attached hydrogen (secondary N) is 3. The topological polar surface area (TPSA) is 103 Å². The molecule has 3 aromatic carbocycles. The van der Waals surface area contributed by atoms with Crippen LogP contribution in [0.2, 0.25) is 0 Å². The van der Waals surface area contributed by atoms with E-state index in [-0.39, 0.29) is 18.4 Å². The van der Waals surface area contributed by atoms with Crippen LogP contribution in [0.1, 0.15) is 41.3 Å². The summed E-state index contributed by atoms with van der Waals surface area (Å²) in [4.78, 5) is 27.7. The maximum atomic E-state index is 13.5. The Morgan fingerprint density at radius 1 is 1.08 bits per heavy atom. The maximum Gasteiger partial charge on any atom is 0.251 e. The molecule has 8 heteroatoms. The third kappa shape index (κ3) is 7.59. The number of anilines is 2. The fourth-order valence-electron chi connectivity index (χ4n) is 4.87. The van der Waals surface area contributed by atoms with Crippen LogP contribution >= 0.6 is 0 Å². The van der Waals surface area contributed by atoms with Gasteiger partial charge in [-0.25, -0.2) is 0 Å². The van der Waals surface area contributed by atoms with Crippen molar-refractivity contribution in [3.8, 4) is 5.75 Å². The molecule has 8 nitrogen and oxygen atoms in total. The van der Waals surface area contributed by atoms with E-state index in [1.165, 1.54) is 0 Å². The van der Waals surface area contributed by atoms with Gasteiger partial charge in [0.2, 0.25) is 5.91 Å². The van der Waals surface area contributed by atoms with Gasteiger partial charge < -0.3 is 30.7 Å². The zero-order valence-corrected chi connectivity index (χ0v) is 22.7. The van der Waals surface area contributed by atoms with Crippen LogP contribution in [0.15, 0.2) is 72.8 Å². The Labute approximate surface area is 230 Å². The number of rotatable bonds is 13. The summed E-state index contributed by atoms with van der Waals surface area (Å²) in [5.41, 5.74) is 3.92. The lowest BCUT2D eigenvalue weighted by Gasteiger charge is -2.26. The first-order valence-corrected chi connectivity index (χ1v) is 13.5. The third-order valence-corrected chi connectivity index (χ3v) is 6.89. The molecule has 0 aliphatic carbocycles. The molecule has 0 radical (unpaired) electrons. The van der Waals surface area contributed by atoms with Crippen LogP contribution in [0.3, 0.4) is 0 Å². The highest BCUT2D eigenvalue weighted by atomic mass is 16.5. The lowest BCUT2D eigenvalue weighted by Crippen LogP contribution is -2.48. The monoisotopic (exact) mass is 530 g/mol. The number of ether oxygens (including phenoxy) is 1. The second kappa shape index (κ2) is 13.8. The summed E-state index contributed by atoms with van der Waals surface area (Å²) in [6.45, 7) is 4.11. The van der Waals surface area contributed by atoms with Crippen LogP contribution < -0.4 is 25.6 Å². The molecular weight excluding hydrogens is 492 g/mol. The third-order valence-electron chi connectivity index (χ3n) is 6.89. The van der Waals surface area contributed by atoms with Crippen LogP contribution in [-0.4, -0.2) is 55.8 Å². The van der Waals surface area contributed by atoms with Gasteiger partial charge in [-0.3, -0.25) is 9.59 Å². The van der Waals surface area contributed by atoms with Crippen molar-refractivity contribution >= 4 is 23.2 Å². The fraction of sp³-hybridized carbons (Fsp3) is 0.355. The highest BCUT2D eigenvalue weighted by Gasteiger charge is 2.26. The average Bonchev–Trinajstić information content (AvgIpc) is 3.39. The number of nitrogens with zero attached hydrogens (tertiary/aromatic N) is 1. The lowest BCUT2D eigenvalue weighted by atomic mass is 10.00. The Hall–Kier alpha value is -3.88. The van der Waals surface area contributed by atoms with Crippen molar-refractivity contribution in [3.63, 3.8) is 0 Å². The van der Waals surface area contributed by atoms with Crippen molar-refractivity contribution < 1.29 is 19.4 Å². The Bertz CT molecular complexity index is 1250. The summed E-state index contributed by atoms with van der Waals surface area (Å²) in [5.74, 6) is 0.544. The zero-order valence-electron chi connectivity index (χ0n) is 22.7. The molecule has 206 valence electrons. The lowest BCUT2D eigenvalue weighted by molar-refractivity contribution is -0.117. The predicted octanol–water partition coefficient (Wildman–Crippen LogP) is 3.75. The van der Waals surface area contributed by atoms with Gasteiger partial charge in [0.15, 0.2) is 0 Å². The quantitative estimate of drug-likeness (QED) is 0.269. The van der Waals surface area contributed by atoms with Gasteiger partial charge in [-0.2, -0.15) is 0 Å². The molecule has 0 spiro atoms. The summed E-state index contributed by atoms with van der Waals surface area (Å²) in [6.07, 6.45) is 0.939. The van der Waals surface area contributed by atoms with Crippen LogP contribution in [-0.2, 0) is 17.8 Å². The van der Waals surface area contributed by atoms with E-state index in [4.69, 9.17) is 4.74 Å². The highest BCUT2D eigenvalue weighted by molar-refractivity contribution is 6.00. The molecule has 2 unspecified atom stereocenters. The van der Waals surface area contributed by atoms with Gasteiger partial charge in [0.25, 0.3) is 5.91 Å². The number of hydrogen-bond donors (Lipinski definition) is 4. The van der Waals surface area contributed by atoms with Gasteiger partial charge in [-0.05, 0) is 49.6 Å². The summed E-state index contributed by atoms with van der Waals surface area (Å²) >= 11 is 0. The van der Waals surface area contributed by atoms with Crippen LogP contribution in [0.4, 0.5) is 11.4 Å². The molecule has 0 bridgehead atoms.